The quantitative estimate of drug-likeness (QED) is 0.506. The Morgan fingerprint density at radius 3 is 2.78 bits per heavy atom. The van der Waals surface area contributed by atoms with Gasteiger partial charge in [-0.05, 0) is 45.0 Å². The highest BCUT2D eigenvalue weighted by Gasteiger charge is 2.22. The summed E-state index contributed by atoms with van der Waals surface area (Å²) in [5.74, 6) is -0.423. The zero-order chi connectivity index (χ0) is 19.3. The minimum Gasteiger partial charge on any atom is -0.495 e. The molecule has 1 aromatic carbocycles. The number of ether oxygens (including phenoxy) is 1. The van der Waals surface area contributed by atoms with Crippen molar-refractivity contribution in [2.24, 2.45) is 0 Å². The number of hydrogen-bond donors (Lipinski definition) is 2. The Balaban J connectivity index is 1.91. The Labute approximate surface area is 154 Å². The average molecular weight is 367 g/mol. The van der Waals surface area contributed by atoms with E-state index in [0.717, 1.165) is 5.56 Å². The first-order valence-corrected chi connectivity index (χ1v) is 8.43. The van der Waals surface area contributed by atoms with Gasteiger partial charge in [-0.25, -0.2) is 9.18 Å². The first-order chi connectivity index (χ1) is 12.7. The number of hydrogen-bond acceptors (Lipinski definition) is 4. The minimum absolute atomic E-state index is 0.0212. The molecule has 0 aliphatic heterocycles. The van der Waals surface area contributed by atoms with Crippen molar-refractivity contribution in [2.45, 2.75) is 26.4 Å². The molecular weight excluding hydrogens is 349 g/mol. The zero-order valence-electron chi connectivity index (χ0n) is 15.1. The lowest BCUT2D eigenvalue weighted by Gasteiger charge is -2.19. The molecule has 6 nitrogen and oxygen atoms in total. The third kappa shape index (κ3) is 3.12. The topological polar surface area (TPSA) is 80.1 Å². The Morgan fingerprint density at radius 1 is 1.26 bits per heavy atom. The summed E-state index contributed by atoms with van der Waals surface area (Å²) in [6.45, 7) is 5.31. The molecule has 3 aromatic heterocycles. The van der Waals surface area contributed by atoms with E-state index in [4.69, 9.17) is 4.74 Å². The van der Waals surface area contributed by atoms with Gasteiger partial charge in [0.15, 0.2) is 5.88 Å². The van der Waals surface area contributed by atoms with Crippen molar-refractivity contribution in [1.29, 1.82) is 0 Å². The molecule has 0 saturated carbocycles. The Hall–Kier alpha value is -3.35. The monoisotopic (exact) mass is 367 g/mol. The van der Waals surface area contributed by atoms with Crippen molar-refractivity contribution in [3.8, 4) is 17.0 Å². The SMILES string of the molecule is CC(C)(C)OC(=O)n1cc(-c2cnc3cc(O)[nH]c3c2)c2ccc(F)cc21. The molecule has 7 heteroatoms. The number of nitrogens with one attached hydrogen (secondary N) is 1. The Bertz CT molecular complexity index is 1180. The molecule has 0 unspecified atom stereocenters. The number of carbonyl (C=O) groups excluding carboxylic acids is 1. The minimum atomic E-state index is -0.677. The molecule has 0 atom stereocenters. The van der Waals surface area contributed by atoms with Crippen molar-refractivity contribution in [2.75, 3.05) is 0 Å². The van der Waals surface area contributed by atoms with Crippen LogP contribution in [0.1, 0.15) is 20.8 Å². The van der Waals surface area contributed by atoms with Gasteiger partial charge in [-0.2, -0.15) is 0 Å². The van der Waals surface area contributed by atoms with E-state index in [0.29, 0.717) is 27.5 Å². The van der Waals surface area contributed by atoms with Gasteiger partial charge < -0.3 is 14.8 Å². The standard InChI is InChI=1S/C20H18FN3O3/c1-20(2,3)27-19(26)24-10-14(13-5-4-12(21)7-17(13)24)11-6-16-15(22-9-11)8-18(25)23-16/h4-10,23,25H,1-3H3. The number of carbonyl (C=O) groups is 1. The fourth-order valence-corrected chi connectivity index (χ4v) is 3.03. The predicted molar refractivity (Wildman–Crippen MR) is 100 cm³/mol. The maximum atomic E-state index is 13.8. The summed E-state index contributed by atoms with van der Waals surface area (Å²) in [7, 11) is 0. The van der Waals surface area contributed by atoms with Crippen molar-refractivity contribution in [3.05, 3.63) is 48.5 Å². The molecule has 0 aliphatic carbocycles. The van der Waals surface area contributed by atoms with Gasteiger partial charge in [0.25, 0.3) is 0 Å². The number of benzene rings is 1. The molecule has 3 heterocycles. The normalized spacial score (nSPS) is 12.0. The van der Waals surface area contributed by atoms with Crippen LogP contribution in [-0.4, -0.2) is 31.3 Å². The predicted octanol–water partition coefficient (Wildman–Crippen LogP) is 4.81. The van der Waals surface area contributed by atoms with Crippen LogP contribution >= 0.6 is 0 Å². The number of aromatic hydroxyl groups is 1. The van der Waals surface area contributed by atoms with Gasteiger partial charge in [0, 0.05) is 35.0 Å². The van der Waals surface area contributed by atoms with Crippen LogP contribution in [0, 0.1) is 5.82 Å². The Morgan fingerprint density at radius 2 is 2.04 bits per heavy atom. The van der Waals surface area contributed by atoms with Crippen molar-refractivity contribution in [1.82, 2.24) is 14.5 Å². The maximum Gasteiger partial charge on any atom is 0.419 e. The molecular formula is C20H18FN3O3. The number of aromatic nitrogens is 3. The molecule has 0 fully saturated rings. The largest absolute Gasteiger partial charge is 0.495 e. The molecule has 27 heavy (non-hydrogen) atoms. The van der Waals surface area contributed by atoms with Crippen LogP contribution in [0.2, 0.25) is 0 Å². The van der Waals surface area contributed by atoms with Gasteiger partial charge in [-0.1, -0.05) is 0 Å². The van der Waals surface area contributed by atoms with Gasteiger partial charge in [0.2, 0.25) is 0 Å². The fraction of sp³-hybridized carbons (Fsp3) is 0.200. The van der Waals surface area contributed by atoms with E-state index in [9.17, 15) is 14.3 Å². The smallest absolute Gasteiger partial charge is 0.419 e. The van der Waals surface area contributed by atoms with Crippen LogP contribution in [0.4, 0.5) is 9.18 Å². The molecule has 4 rings (SSSR count). The molecule has 0 saturated heterocycles. The zero-order valence-corrected chi connectivity index (χ0v) is 15.1. The summed E-state index contributed by atoms with van der Waals surface area (Å²) >= 11 is 0. The maximum absolute atomic E-state index is 13.8. The number of fused-ring (bicyclic) bond motifs is 2. The molecule has 0 bridgehead atoms. The van der Waals surface area contributed by atoms with Crippen molar-refractivity contribution >= 4 is 28.0 Å². The number of nitrogens with zero attached hydrogens (tertiary/aromatic N) is 2. The van der Waals surface area contributed by atoms with E-state index in [1.165, 1.54) is 22.8 Å². The molecule has 0 amide bonds. The summed E-state index contributed by atoms with van der Waals surface area (Å²) in [5, 5.41) is 10.3. The Kier molecular flexibility index (Phi) is 3.69. The highest BCUT2D eigenvalue weighted by molar-refractivity contribution is 6.01. The van der Waals surface area contributed by atoms with E-state index < -0.39 is 17.5 Å². The highest BCUT2D eigenvalue weighted by Crippen LogP contribution is 2.33. The van der Waals surface area contributed by atoms with Gasteiger partial charge in [0.1, 0.15) is 11.4 Å². The van der Waals surface area contributed by atoms with Crippen molar-refractivity contribution < 1.29 is 19.0 Å². The average Bonchev–Trinajstić information content (AvgIpc) is 3.11. The van der Waals surface area contributed by atoms with E-state index in [-0.39, 0.29) is 5.88 Å². The highest BCUT2D eigenvalue weighted by atomic mass is 19.1. The van der Waals surface area contributed by atoms with Gasteiger partial charge in [-0.15, -0.1) is 0 Å². The second-order valence-corrected chi connectivity index (χ2v) is 7.37. The van der Waals surface area contributed by atoms with Crippen LogP contribution < -0.4 is 0 Å². The van der Waals surface area contributed by atoms with Gasteiger partial charge in [0.05, 0.1) is 16.6 Å². The molecule has 4 aromatic rings. The first-order valence-electron chi connectivity index (χ1n) is 8.43. The van der Waals surface area contributed by atoms with Crippen LogP contribution in [0.15, 0.2) is 42.7 Å². The lowest BCUT2D eigenvalue weighted by atomic mass is 10.1. The van der Waals surface area contributed by atoms with Crippen LogP contribution in [0.3, 0.4) is 0 Å². The van der Waals surface area contributed by atoms with E-state index >= 15 is 0 Å². The third-order valence-electron chi connectivity index (χ3n) is 4.12. The fourth-order valence-electron chi connectivity index (χ4n) is 3.03. The summed E-state index contributed by atoms with van der Waals surface area (Å²) in [6, 6.07) is 7.61. The van der Waals surface area contributed by atoms with E-state index in [1.54, 1.807) is 39.2 Å². The van der Waals surface area contributed by atoms with E-state index in [1.807, 2.05) is 6.07 Å². The molecule has 0 spiro atoms. The number of H-pyrrole nitrogens is 1. The number of pyridine rings is 1. The van der Waals surface area contributed by atoms with Crippen LogP contribution in [-0.2, 0) is 4.74 Å². The molecule has 138 valence electrons. The second kappa shape index (κ2) is 5.84. The second-order valence-electron chi connectivity index (χ2n) is 7.37. The van der Waals surface area contributed by atoms with Crippen LogP contribution in [0.5, 0.6) is 5.88 Å². The number of halogens is 1. The lowest BCUT2D eigenvalue weighted by Crippen LogP contribution is -2.26. The van der Waals surface area contributed by atoms with Crippen LogP contribution in [0.25, 0.3) is 33.1 Å². The molecule has 0 radical (unpaired) electrons. The number of aromatic amines is 1. The van der Waals surface area contributed by atoms with E-state index in [2.05, 4.69) is 9.97 Å². The summed E-state index contributed by atoms with van der Waals surface area (Å²) < 4.78 is 20.6. The summed E-state index contributed by atoms with van der Waals surface area (Å²) in [6.07, 6.45) is 2.67. The van der Waals surface area contributed by atoms with Gasteiger partial charge >= 0.3 is 6.09 Å². The van der Waals surface area contributed by atoms with Gasteiger partial charge in [-0.3, -0.25) is 9.55 Å². The van der Waals surface area contributed by atoms with Crippen molar-refractivity contribution in [3.63, 3.8) is 0 Å². The summed E-state index contributed by atoms with van der Waals surface area (Å²) in [4.78, 5) is 19.8. The third-order valence-corrected chi connectivity index (χ3v) is 4.12. The first kappa shape index (κ1) is 17.1. The lowest BCUT2D eigenvalue weighted by molar-refractivity contribution is 0.0544. The molecule has 2 N–H and O–H groups in total. The number of rotatable bonds is 1. The molecule has 0 aliphatic rings. The summed E-state index contributed by atoms with van der Waals surface area (Å²) in [5.41, 5.74) is 2.45.